The number of aryl methyl sites for hydroxylation is 1. The first kappa shape index (κ1) is 18.7. The summed E-state index contributed by atoms with van der Waals surface area (Å²) in [7, 11) is 0. The minimum absolute atomic E-state index is 0.118. The van der Waals surface area contributed by atoms with Gasteiger partial charge in [-0.15, -0.1) is 5.10 Å². The Kier molecular flexibility index (Phi) is 4.45. The van der Waals surface area contributed by atoms with Gasteiger partial charge in [-0.25, -0.2) is 9.50 Å². The maximum absolute atomic E-state index is 11.6. The van der Waals surface area contributed by atoms with Crippen LogP contribution >= 0.6 is 0 Å². The highest BCUT2D eigenvalue weighted by Gasteiger charge is 2.46. The summed E-state index contributed by atoms with van der Waals surface area (Å²) < 4.78 is 30.5. The Morgan fingerprint density at radius 2 is 2.24 bits per heavy atom. The third-order valence-electron chi connectivity index (χ3n) is 5.91. The number of nitrogens with zero attached hydrogens (tertiary/aromatic N) is 5. The van der Waals surface area contributed by atoms with Gasteiger partial charge in [0.1, 0.15) is 11.5 Å². The number of ether oxygens (including phenoxy) is 1. The molecule has 1 aliphatic heterocycles. The van der Waals surface area contributed by atoms with Crippen LogP contribution in [0.3, 0.4) is 0 Å². The lowest BCUT2D eigenvalue weighted by Crippen LogP contribution is -2.44. The summed E-state index contributed by atoms with van der Waals surface area (Å²) >= 11 is -2.11. The molecule has 29 heavy (non-hydrogen) atoms. The number of hydrogen-bond donors (Lipinski definition) is 1. The van der Waals surface area contributed by atoms with Crippen molar-refractivity contribution < 1.29 is 13.5 Å². The molecule has 4 heterocycles. The summed E-state index contributed by atoms with van der Waals surface area (Å²) in [4.78, 5) is 6.80. The molecule has 10 heteroatoms. The third-order valence-corrected chi connectivity index (χ3v) is 6.69. The predicted molar refractivity (Wildman–Crippen MR) is 108 cm³/mol. The van der Waals surface area contributed by atoms with Gasteiger partial charge >= 0.3 is 0 Å². The van der Waals surface area contributed by atoms with Crippen molar-refractivity contribution in [1.29, 1.82) is 0 Å². The molecule has 1 unspecified atom stereocenters. The van der Waals surface area contributed by atoms with Crippen LogP contribution < -0.4 is 4.90 Å². The van der Waals surface area contributed by atoms with Crippen LogP contribution in [0, 0.1) is 6.92 Å². The number of hydrogen-bond acceptors (Lipinski definition) is 7. The molecule has 1 saturated carbocycles. The summed E-state index contributed by atoms with van der Waals surface area (Å²) in [6.45, 7) is 6.07. The van der Waals surface area contributed by atoms with Gasteiger partial charge in [0.25, 0.3) is 0 Å². The second kappa shape index (κ2) is 6.89. The second-order valence-corrected chi connectivity index (χ2v) is 8.97. The van der Waals surface area contributed by atoms with Crippen molar-refractivity contribution in [2.45, 2.75) is 38.1 Å². The average molecular weight is 415 g/mol. The van der Waals surface area contributed by atoms with E-state index < -0.39 is 11.1 Å². The minimum atomic E-state index is -2.11. The van der Waals surface area contributed by atoms with Crippen LogP contribution in [-0.4, -0.2) is 65.1 Å². The van der Waals surface area contributed by atoms with Crippen molar-refractivity contribution in [2.75, 3.05) is 30.4 Å². The summed E-state index contributed by atoms with van der Waals surface area (Å²) in [5.41, 5.74) is 3.13. The molecular formula is C19H23N6O3S-. The van der Waals surface area contributed by atoms with E-state index in [0.717, 1.165) is 42.0 Å². The third kappa shape index (κ3) is 3.24. The Morgan fingerprint density at radius 1 is 1.41 bits per heavy atom. The predicted octanol–water partition coefficient (Wildman–Crippen LogP) is 1.56. The number of nitrogens with one attached hydrogen (secondary N) is 1. The average Bonchev–Trinajstić information content (AvgIpc) is 3.12. The number of imidazole rings is 1. The molecule has 0 spiro atoms. The largest absolute Gasteiger partial charge is 0.772 e. The van der Waals surface area contributed by atoms with Crippen LogP contribution in [-0.2, 0) is 21.2 Å². The van der Waals surface area contributed by atoms with Gasteiger partial charge in [0.15, 0.2) is 5.82 Å². The fourth-order valence-corrected chi connectivity index (χ4v) is 5.07. The lowest BCUT2D eigenvalue weighted by Gasteiger charge is -2.34. The van der Waals surface area contributed by atoms with Gasteiger partial charge in [-0.05, 0) is 44.4 Å². The van der Waals surface area contributed by atoms with Crippen LogP contribution in [0.1, 0.15) is 31.0 Å². The summed E-state index contributed by atoms with van der Waals surface area (Å²) in [6.07, 6.45) is 3.48. The second-order valence-electron chi connectivity index (χ2n) is 8.08. The van der Waals surface area contributed by atoms with Crippen LogP contribution in [0.4, 0.5) is 5.82 Å². The van der Waals surface area contributed by atoms with Crippen molar-refractivity contribution in [2.24, 2.45) is 0 Å². The maximum atomic E-state index is 11.6. The molecule has 2 atom stereocenters. The number of aromatic amines is 1. The molecule has 9 nitrogen and oxygen atoms in total. The van der Waals surface area contributed by atoms with Crippen LogP contribution in [0.25, 0.3) is 17.0 Å². The fraction of sp³-hybridized carbons (Fsp3) is 0.526. The van der Waals surface area contributed by atoms with E-state index in [1.807, 2.05) is 17.5 Å². The molecule has 154 valence electrons. The molecule has 2 fully saturated rings. The van der Waals surface area contributed by atoms with E-state index in [9.17, 15) is 8.76 Å². The van der Waals surface area contributed by atoms with E-state index in [-0.39, 0.29) is 17.2 Å². The molecule has 5 rings (SSSR count). The summed E-state index contributed by atoms with van der Waals surface area (Å²) in [5.74, 6) is 1.58. The zero-order valence-electron chi connectivity index (χ0n) is 16.4. The topological polar surface area (TPSA) is 111 Å². The first-order chi connectivity index (χ1) is 14.0. The van der Waals surface area contributed by atoms with Gasteiger partial charge in [0, 0.05) is 23.4 Å². The van der Waals surface area contributed by atoms with Crippen LogP contribution in [0.5, 0.6) is 0 Å². The molecule has 3 aromatic heterocycles. The monoisotopic (exact) mass is 415 g/mol. The molecule has 1 saturated heterocycles. The summed E-state index contributed by atoms with van der Waals surface area (Å²) in [6, 6.07) is 4.17. The SMILES string of the molecule is Cc1cc(-c2ncc3c(C4(CS(=O)[O-])CC4)cc(N4CCOC[C@H]4C)nn23)n[nH]1. The number of aromatic nitrogens is 5. The maximum Gasteiger partial charge on any atom is 0.182 e. The van der Waals surface area contributed by atoms with Crippen molar-refractivity contribution in [1.82, 2.24) is 24.8 Å². The molecule has 3 aromatic rings. The number of anilines is 1. The fourth-order valence-electron chi connectivity index (χ4n) is 4.17. The molecule has 0 bridgehead atoms. The van der Waals surface area contributed by atoms with Gasteiger partial charge in [-0.2, -0.15) is 5.10 Å². The van der Waals surface area contributed by atoms with E-state index >= 15 is 0 Å². The first-order valence-electron chi connectivity index (χ1n) is 9.79. The van der Waals surface area contributed by atoms with E-state index in [2.05, 4.69) is 33.1 Å². The standard InChI is InChI=1S/C19H24N6O3S/c1-12-7-15(22-21-12)18-20-9-16-14(19(3-4-19)11-29(26)27)8-17(23-25(16)18)24-5-6-28-10-13(24)2/h7-9,13H,3-6,10-11H2,1-2H3,(H,21,22)(H,26,27)/p-1/t13-/m1/s1. The quantitative estimate of drug-likeness (QED) is 0.630. The molecule has 1 N–H and O–H groups in total. The number of morpholine rings is 1. The first-order valence-corrected chi connectivity index (χ1v) is 11.0. The molecule has 0 radical (unpaired) electrons. The van der Waals surface area contributed by atoms with Crippen molar-refractivity contribution in [3.05, 3.63) is 29.6 Å². The lowest BCUT2D eigenvalue weighted by atomic mass is 9.98. The zero-order chi connectivity index (χ0) is 20.2. The minimum Gasteiger partial charge on any atom is -0.772 e. The van der Waals surface area contributed by atoms with Gasteiger partial charge in [0.05, 0.1) is 31.0 Å². The summed E-state index contributed by atoms with van der Waals surface area (Å²) in [5, 5.41) is 12.2. The van der Waals surface area contributed by atoms with Gasteiger partial charge in [0.2, 0.25) is 0 Å². The molecule has 0 amide bonds. The normalized spacial score (nSPS) is 22.2. The lowest BCUT2D eigenvalue weighted by molar-refractivity contribution is 0.0984. The van der Waals surface area contributed by atoms with E-state index in [4.69, 9.17) is 9.84 Å². The van der Waals surface area contributed by atoms with Gasteiger partial charge in [-0.3, -0.25) is 9.31 Å². The highest BCUT2D eigenvalue weighted by atomic mass is 32.2. The Morgan fingerprint density at radius 3 is 2.90 bits per heavy atom. The zero-order valence-corrected chi connectivity index (χ0v) is 17.2. The van der Waals surface area contributed by atoms with Gasteiger partial charge < -0.3 is 14.2 Å². The number of fused-ring (bicyclic) bond motifs is 1. The highest BCUT2D eigenvalue weighted by Crippen LogP contribution is 2.51. The van der Waals surface area contributed by atoms with Crippen molar-refractivity contribution in [3.8, 4) is 11.5 Å². The Hall–Kier alpha value is -2.30. The molecule has 1 aliphatic carbocycles. The molecule has 0 aromatic carbocycles. The van der Waals surface area contributed by atoms with Crippen LogP contribution in [0.2, 0.25) is 0 Å². The van der Waals surface area contributed by atoms with E-state index in [1.54, 1.807) is 6.20 Å². The molecular weight excluding hydrogens is 392 g/mol. The number of H-pyrrole nitrogens is 1. The van der Waals surface area contributed by atoms with E-state index in [1.165, 1.54) is 0 Å². The Bertz CT molecular complexity index is 1090. The van der Waals surface area contributed by atoms with E-state index in [0.29, 0.717) is 24.7 Å². The Balaban J connectivity index is 1.70. The molecule has 2 aliphatic rings. The van der Waals surface area contributed by atoms with Crippen molar-refractivity contribution in [3.63, 3.8) is 0 Å². The van der Waals surface area contributed by atoms with Gasteiger partial charge in [-0.1, -0.05) is 11.1 Å². The Labute approximate surface area is 170 Å². The smallest absolute Gasteiger partial charge is 0.182 e. The van der Waals surface area contributed by atoms with Crippen molar-refractivity contribution >= 4 is 22.4 Å². The van der Waals surface area contributed by atoms with Crippen LogP contribution in [0.15, 0.2) is 18.3 Å². The number of rotatable bonds is 5. The highest BCUT2D eigenvalue weighted by molar-refractivity contribution is 7.79.